The lowest BCUT2D eigenvalue weighted by molar-refractivity contribution is 0.1000. The van der Waals surface area contributed by atoms with E-state index >= 15 is 0 Å². The summed E-state index contributed by atoms with van der Waals surface area (Å²) in [5.74, 6) is -0.568. The third-order valence-electron chi connectivity index (χ3n) is 1.95. The van der Waals surface area contributed by atoms with Gasteiger partial charge in [0.25, 0.3) is 5.91 Å². The van der Waals surface area contributed by atoms with Crippen LogP contribution >= 0.6 is 11.6 Å². The maximum Gasteiger partial charge on any atom is 0.254 e. The molecule has 1 heterocycles. The second-order valence-corrected chi connectivity index (χ2v) is 3.38. The fraction of sp³-hybridized carbons (Fsp3) is 0. The first-order chi connectivity index (χ1) is 7.18. The van der Waals surface area contributed by atoms with E-state index in [-0.39, 0.29) is 5.56 Å². The zero-order valence-corrected chi connectivity index (χ0v) is 8.36. The summed E-state index contributed by atoms with van der Waals surface area (Å²) in [5.41, 5.74) is 6.59. The average molecular weight is 223 g/mol. The van der Waals surface area contributed by atoms with Crippen LogP contribution in [-0.4, -0.2) is 11.1 Å². The zero-order chi connectivity index (χ0) is 10.8. The molecule has 0 bridgehead atoms. The molecule has 2 rings (SSSR count). The Morgan fingerprint density at radius 1 is 1.33 bits per heavy atom. The van der Waals surface area contributed by atoms with Gasteiger partial charge in [0, 0.05) is 10.6 Å². The van der Waals surface area contributed by atoms with Crippen molar-refractivity contribution in [1.82, 2.24) is 5.16 Å². The number of halogens is 1. The third-order valence-corrected chi connectivity index (χ3v) is 2.20. The van der Waals surface area contributed by atoms with E-state index in [2.05, 4.69) is 5.16 Å². The van der Waals surface area contributed by atoms with Crippen molar-refractivity contribution in [2.75, 3.05) is 0 Å². The van der Waals surface area contributed by atoms with Gasteiger partial charge in [-0.05, 0) is 12.1 Å². The number of aromatic nitrogens is 1. The smallest absolute Gasteiger partial charge is 0.254 e. The number of rotatable bonds is 2. The Balaban J connectivity index is 2.49. The van der Waals surface area contributed by atoms with E-state index in [0.717, 1.165) is 5.56 Å². The minimum absolute atomic E-state index is 0.261. The summed E-state index contributed by atoms with van der Waals surface area (Å²) in [6.07, 6.45) is 1.23. The van der Waals surface area contributed by atoms with Crippen molar-refractivity contribution in [3.63, 3.8) is 0 Å². The molecule has 4 nitrogen and oxygen atoms in total. The standard InChI is InChI=1S/C10H7ClN2O2/c11-7-3-1-6(2-4-7)9-8(10(12)14)5-15-13-9/h1-5H,(H2,12,14). The van der Waals surface area contributed by atoms with Crippen molar-refractivity contribution in [2.24, 2.45) is 5.73 Å². The topological polar surface area (TPSA) is 69.1 Å². The van der Waals surface area contributed by atoms with Gasteiger partial charge in [-0.25, -0.2) is 0 Å². The molecule has 0 spiro atoms. The Labute approximate surface area is 90.6 Å². The molecule has 76 valence electrons. The van der Waals surface area contributed by atoms with Crippen molar-refractivity contribution in [1.29, 1.82) is 0 Å². The van der Waals surface area contributed by atoms with Gasteiger partial charge in [0.1, 0.15) is 17.5 Å². The highest BCUT2D eigenvalue weighted by atomic mass is 35.5. The summed E-state index contributed by atoms with van der Waals surface area (Å²) in [6, 6.07) is 6.89. The van der Waals surface area contributed by atoms with E-state index in [4.69, 9.17) is 21.9 Å². The molecule has 1 aromatic carbocycles. The summed E-state index contributed by atoms with van der Waals surface area (Å²) in [6.45, 7) is 0. The van der Waals surface area contributed by atoms with E-state index in [1.807, 2.05) is 0 Å². The Bertz CT molecular complexity index is 490. The highest BCUT2D eigenvalue weighted by molar-refractivity contribution is 6.30. The van der Waals surface area contributed by atoms with Gasteiger partial charge in [-0.15, -0.1) is 0 Å². The number of carbonyl (C=O) groups is 1. The second-order valence-electron chi connectivity index (χ2n) is 2.95. The highest BCUT2D eigenvalue weighted by Crippen LogP contribution is 2.23. The van der Waals surface area contributed by atoms with Crippen LogP contribution in [0, 0.1) is 0 Å². The molecular weight excluding hydrogens is 216 g/mol. The van der Waals surface area contributed by atoms with Crippen LogP contribution in [0.15, 0.2) is 35.1 Å². The molecule has 2 aromatic rings. The summed E-state index contributed by atoms with van der Waals surface area (Å²) in [5, 5.41) is 4.33. The number of nitrogens with two attached hydrogens (primary N) is 1. The minimum atomic E-state index is -0.568. The number of carbonyl (C=O) groups excluding carboxylic acids is 1. The SMILES string of the molecule is NC(=O)c1conc1-c1ccc(Cl)cc1. The second kappa shape index (κ2) is 3.74. The molecule has 15 heavy (non-hydrogen) atoms. The van der Waals surface area contributed by atoms with E-state index in [9.17, 15) is 4.79 Å². The fourth-order valence-corrected chi connectivity index (χ4v) is 1.35. The highest BCUT2D eigenvalue weighted by Gasteiger charge is 2.14. The molecule has 0 saturated heterocycles. The maximum atomic E-state index is 11.0. The molecule has 5 heteroatoms. The van der Waals surface area contributed by atoms with Gasteiger partial charge in [0.15, 0.2) is 0 Å². The molecule has 0 radical (unpaired) electrons. The molecular formula is C10H7ClN2O2. The Hall–Kier alpha value is -1.81. The number of nitrogens with zero attached hydrogens (tertiary/aromatic N) is 1. The predicted octanol–water partition coefficient (Wildman–Crippen LogP) is 2.09. The van der Waals surface area contributed by atoms with E-state index in [1.165, 1.54) is 6.26 Å². The van der Waals surface area contributed by atoms with Crippen molar-refractivity contribution < 1.29 is 9.32 Å². The van der Waals surface area contributed by atoms with Crippen LogP contribution in [0.4, 0.5) is 0 Å². The third kappa shape index (κ3) is 1.85. The van der Waals surface area contributed by atoms with Gasteiger partial charge < -0.3 is 10.3 Å². The molecule has 0 atom stereocenters. The lowest BCUT2D eigenvalue weighted by Crippen LogP contribution is -2.10. The van der Waals surface area contributed by atoms with Crippen molar-refractivity contribution in [2.45, 2.75) is 0 Å². The summed E-state index contributed by atoms with van der Waals surface area (Å²) in [4.78, 5) is 11.0. The Morgan fingerprint density at radius 3 is 2.60 bits per heavy atom. The minimum Gasteiger partial charge on any atom is -0.365 e. The van der Waals surface area contributed by atoms with Crippen LogP contribution in [0.5, 0.6) is 0 Å². The van der Waals surface area contributed by atoms with Gasteiger partial charge in [-0.3, -0.25) is 4.79 Å². The molecule has 1 amide bonds. The molecule has 0 aliphatic carbocycles. The van der Waals surface area contributed by atoms with Crippen LogP contribution in [0.1, 0.15) is 10.4 Å². The number of benzene rings is 1. The Morgan fingerprint density at radius 2 is 2.00 bits per heavy atom. The van der Waals surface area contributed by atoms with Crippen molar-refractivity contribution in [3.8, 4) is 11.3 Å². The van der Waals surface area contributed by atoms with E-state index < -0.39 is 5.91 Å². The summed E-state index contributed by atoms with van der Waals surface area (Å²) >= 11 is 5.74. The molecule has 0 saturated carbocycles. The van der Waals surface area contributed by atoms with Gasteiger partial charge in [-0.2, -0.15) is 0 Å². The summed E-state index contributed by atoms with van der Waals surface area (Å²) in [7, 11) is 0. The van der Waals surface area contributed by atoms with Crippen LogP contribution in [0.25, 0.3) is 11.3 Å². The van der Waals surface area contributed by atoms with Crippen LogP contribution in [-0.2, 0) is 0 Å². The van der Waals surface area contributed by atoms with Crippen LogP contribution in [0.3, 0.4) is 0 Å². The molecule has 2 N–H and O–H groups in total. The lowest BCUT2D eigenvalue weighted by Gasteiger charge is -1.97. The van der Waals surface area contributed by atoms with E-state index in [1.54, 1.807) is 24.3 Å². The number of hydrogen-bond acceptors (Lipinski definition) is 3. The maximum absolute atomic E-state index is 11.0. The summed E-state index contributed by atoms with van der Waals surface area (Å²) < 4.78 is 4.71. The van der Waals surface area contributed by atoms with Crippen LogP contribution in [0.2, 0.25) is 5.02 Å². The fourth-order valence-electron chi connectivity index (χ4n) is 1.23. The first-order valence-electron chi connectivity index (χ1n) is 4.18. The zero-order valence-electron chi connectivity index (χ0n) is 7.61. The lowest BCUT2D eigenvalue weighted by atomic mass is 10.1. The Kier molecular flexibility index (Phi) is 2.43. The predicted molar refractivity (Wildman–Crippen MR) is 55.5 cm³/mol. The van der Waals surface area contributed by atoms with Gasteiger partial charge in [-0.1, -0.05) is 28.9 Å². The van der Waals surface area contributed by atoms with Crippen molar-refractivity contribution >= 4 is 17.5 Å². The first kappa shape index (κ1) is 9.73. The van der Waals surface area contributed by atoms with Gasteiger partial charge >= 0.3 is 0 Å². The van der Waals surface area contributed by atoms with Gasteiger partial charge in [0.05, 0.1) is 0 Å². The number of hydrogen-bond donors (Lipinski definition) is 1. The monoisotopic (exact) mass is 222 g/mol. The molecule has 1 aromatic heterocycles. The van der Waals surface area contributed by atoms with Gasteiger partial charge in [0.2, 0.25) is 0 Å². The van der Waals surface area contributed by atoms with Crippen molar-refractivity contribution in [3.05, 3.63) is 41.1 Å². The molecule has 0 unspecified atom stereocenters. The van der Waals surface area contributed by atoms with Crippen LogP contribution < -0.4 is 5.73 Å². The first-order valence-corrected chi connectivity index (χ1v) is 4.56. The number of amides is 1. The normalized spacial score (nSPS) is 10.2. The largest absolute Gasteiger partial charge is 0.365 e. The van der Waals surface area contributed by atoms with E-state index in [0.29, 0.717) is 10.7 Å². The number of primary amides is 1. The molecule has 0 aliphatic rings. The quantitative estimate of drug-likeness (QED) is 0.846. The average Bonchev–Trinajstić information content (AvgIpc) is 2.67. The molecule has 0 aliphatic heterocycles. The molecule has 0 fully saturated rings.